The number of para-hydroxylation sites is 1. The number of aromatic nitrogens is 2. The minimum atomic E-state index is -0.203. The van der Waals surface area contributed by atoms with Gasteiger partial charge in [-0.2, -0.15) is 0 Å². The highest BCUT2D eigenvalue weighted by Gasteiger charge is 2.13. The Hall–Kier alpha value is -2.28. The Morgan fingerprint density at radius 1 is 1.04 bits per heavy atom. The van der Waals surface area contributed by atoms with Crippen LogP contribution in [0.2, 0.25) is 0 Å². The molecule has 0 aliphatic heterocycles. The predicted molar refractivity (Wildman–Crippen MR) is 99.3 cm³/mol. The molecule has 0 fully saturated rings. The normalized spacial score (nSPS) is 10.3. The number of benzene rings is 2. The minimum absolute atomic E-state index is 0.203. The van der Waals surface area contributed by atoms with Gasteiger partial charge in [-0.15, -0.1) is 0 Å². The molecule has 1 amide bonds. The van der Waals surface area contributed by atoms with Gasteiger partial charge in [-0.05, 0) is 41.6 Å². The molecule has 0 atom stereocenters. The summed E-state index contributed by atoms with van der Waals surface area (Å²) in [6.07, 6.45) is 1.58. The third-order valence-electron chi connectivity index (χ3n) is 3.38. The number of rotatable bonds is 3. The molecule has 0 saturated carbocycles. The molecule has 1 heterocycles. The van der Waals surface area contributed by atoms with E-state index in [1.54, 1.807) is 6.20 Å². The van der Waals surface area contributed by atoms with Crippen molar-refractivity contribution in [2.24, 2.45) is 0 Å². The van der Waals surface area contributed by atoms with E-state index >= 15 is 0 Å². The molecule has 23 heavy (non-hydrogen) atoms. The number of carbonyl (C=O) groups is 1. The van der Waals surface area contributed by atoms with Crippen LogP contribution >= 0.6 is 22.6 Å². The number of hydrogen-bond acceptors (Lipinski definition) is 3. The molecule has 1 aromatic heterocycles. The van der Waals surface area contributed by atoms with Crippen LogP contribution in [0.15, 0.2) is 60.8 Å². The third-order valence-corrected chi connectivity index (χ3v) is 4.32. The van der Waals surface area contributed by atoms with Crippen molar-refractivity contribution in [2.45, 2.75) is 6.92 Å². The molecule has 3 aromatic rings. The van der Waals surface area contributed by atoms with Crippen LogP contribution < -0.4 is 5.32 Å². The Labute approximate surface area is 148 Å². The van der Waals surface area contributed by atoms with Gasteiger partial charge in [0, 0.05) is 15.3 Å². The molecular formula is C18H14IN3O. The maximum atomic E-state index is 12.4. The van der Waals surface area contributed by atoms with E-state index in [9.17, 15) is 4.79 Å². The van der Waals surface area contributed by atoms with Crippen LogP contribution in [0.5, 0.6) is 0 Å². The average molecular weight is 415 g/mol. The topological polar surface area (TPSA) is 54.9 Å². The van der Waals surface area contributed by atoms with Crippen LogP contribution in [0.4, 0.5) is 5.69 Å². The summed E-state index contributed by atoms with van der Waals surface area (Å²) in [4.78, 5) is 21.2. The summed E-state index contributed by atoms with van der Waals surface area (Å²) in [5.41, 5.74) is 2.84. The number of anilines is 1. The fraction of sp³-hybridized carbons (Fsp3) is 0.0556. The van der Waals surface area contributed by atoms with Crippen LogP contribution in [-0.4, -0.2) is 15.9 Å². The molecule has 2 aromatic carbocycles. The minimum Gasteiger partial charge on any atom is -0.321 e. The third kappa shape index (κ3) is 3.56. The zero-order valence-corrected chi connectivity index (χ0v) is 14.6. The molecule has 0 unspecified atom stereocenters. The Morgan fingerprint density at radius 3 is 2.43 bits per heavy atom. The number of hydrogen-bond donors (Lipinski definition) is 1. The molecule has 0 bridgehead atoms. The second kappa shape index (κ2) is 6.87. The maximum Gasteiger partial charge on any atom is 0.259 e. The SMILES string of the molecule is Cc1nc(-c2ccccc2)ncc1C(=O)Nc1ccccc1I. The first-order chi connectivity index (χ1) is 11.1. The predicted octanol–water partition coefficient (Wildman–Crippen LogP) is 4.31. The number of amides is 1. The first-order valence-electron chi connectivity index (χ1n) is 7.10. The van der Waals surface area contributed by atoms with Gasteiger partial charge in [0.15, 0.2) is 5.82 Å². The number of aryl methyl sites for hydroxylation is 1. The van der Waals surface area contributed by atoms with Gasteiger partial charge in [0.2, 0.25) is 0 Å². The van der Waals surface area contributed by atoms with E-state index < -0.39 is 0 Å². The summed E-state index contributed by atoms with van der Waals surface area (Å²) in [5, 5.41) is 2.90. The standard InChI is InChI=1S/C18H14IN3O/c1-12-14(18(23)22-16-10-6-5-9-15(16)19)11-20-17(21-12)13-7-3-2-4-8-13/h2-11H,1H3,(H,22,23). The van der Waals surface area contributed by atoms with Crippen molar-refractivity contribution in [1.29, 1.82) is 0 Å². The molecule has 4 nitrogen and oxygen atoms in total. The van der Waals surface area contributed by atoms with E-state index in [1.807, 2.05) is 61.5 Å². The molecular weight excluding hydrogens is 401 g/mol. The number of nitrogens with one attached hydrogen (secondary N) is 1. The van der Waals surface area contributed by atoms with Crippen LogP contribution in [-0.2, 0) is 0 Å². The van der Waals surface area contributed by atoms with Crippen molar-refractivity contribution in [1.82, 2.24) is 9.97 Å². The molecule has 0 aliphatic rings. The van der Waals surface area contributed by atoms with Crippen molar-refractivity contribution in [2.75, 3.05) is 5.32 Å². The lowest BCUT2D eigenvalue weighted by molar-refractivity contribution is 0.102. The average Bonchev–Trinajstić information content (AvgIpc) is 2.57. The zero-order valence-electron chi connectivity index (χ0n) is 12.5. The highest BCUT2D eigenvalue weighted by Crippen LogP contribution is 2.19. The van der Waals surface area contributed by atoms with Gasteiger partial charge in [0.1, 0.15) is 0 Å². The second-order valence-electron chi connectivity index (χ2n) is 4.99. The quantitative estimate of drug-likeness (QED) is 0.649. The Morgan fingerprint density at radius 2 is 1.74 bits per heavy atom. The van der Waals surface area contributed by atoms with Gasteiger partial charge in [-0.25, -0.2) is 9.97 Å². The molecule has 0 spiro atoms. The Kier molecular flexibility index (Phi) is 4.66. The summed E-state index contributed by atoms with van der Waals surface area (Å²) < 4.78 is 0.984. The summed E-state index contributed by atoms with van der Waals surface area (Å²) in [6, 6.07) is 17.3. The van der Waals surface area contributed by atoms with E-state index in [1.165, 1.54) is 0 Å². The number of nitrogens with zero attached hydrogens (tertiary/aromatic N) is 2. The van der Waals surface area contributed by atoms with Gasteiger partial charge in [0.25, 0.3) is 5.91 Å². The fourth-order valence-corrected chi connectivity index (χ4v) is 2.69. The molecule has 5 heteroatoms. The van der Waals surface area contributed by atoms with E-state index in [0.29, 0.717) is 17.1 Å². The van der Waals surface area contributed by atoms with Gasteiger partial charge in [0.05, 0.1) is 16.9 Å². The van der Waals surface area contributed by atoms with Crippen molar-refractivity contribution in [3.05, 3.63) is 75.6 Å². The lowest BCUT2D eigenvalue weighted by Gasteiger charge is -2.09. The van der Waals surface area contributed by atoms with Gasteiger partial charge < -0.3 is 5.32 Å². The Bertz CT molecular complexity index is 850. The van der Waals surface area contributed by atoms with E-state index in [-0.39, 0.29) is 5.91 Å². The first kappa shape index (κ1) is 15.6. The van der Waals surface area contributed by atoms with Gasteiger partial charge >= 0.3 is 0 Å². The van der Waals surface area contributed by atoms with Crippen molar-refractivity contribution in [3.63, 3.8) is 0 Å². The molecule has 0 saturated heterocycles. The van der Waals surface area contributed by atoms with E-state index in [4.69, 9.17) is 0 Å². The van der Waals surface area contributed by atoms with Crippen molar-refractivity contribution < 1.29 is 4.79 Å². The number of halogens is 1. The van der Waals surface area contributed by atoms with Gasteiger partial charge in [-0.3, -0.25) is 4.79 Å². The highest BCUT2D eigenvalue weighted by atomic mass is 127. The summed E-state index contributed by atoms with van der Waals surface area (Å²) in [7, 11) is 0. The second-order valence-corrected chi connectivity index (χ2v) is 6.15. The lowest BCUT2D eigenvalue weighted by atomic mass is 10.2. The van der Waals surface area contributed by atoms with Crippen LogP contribution in [0.25, 0.3) is 11.4 Å². The maximum absolute atomic E-state index is 12.4. The molecule has 1 N–H and O–H groups in total. The summed E-state index contributed by atoms with van der Waals surface area (Å²) in [6.45, 7) is 1.82. The number of carbonyl (C=O) groups excluding carboxylic acids is 1. The van der Waals surface area contributed by atoms with Crippen molar-refractivity contribution >= 4 is 34.2 Å². The van der Waals surface area contributed by atoms with Crippen LogP contribution in [0, 0.1) is 10.5 Å². The molecule has 3 rings (SSSR count). The lowest BCUT2D eigenvalue weighted by Crippen LogP contribution is -2.15. The monoisotopic (exact) mass is 415 g/mol. The van der Waals surface area contributed by atoms with E-state index in [2.05, 4.69) is 37.9 Å². The summed E-state index contributed by atoms with van der Waals surface area (Å²) in [5.74, 6) is 0.417. The van der Waals surface area contributed by atoms with E-state index in [0.717, 1.165) is 14.8 Å². The summed E-state index contributed by atoms with van der Waals surface area (Å²) >= 11 is 2.19. The molecule has 0 aliphatic carbocycles. The van der Waals surface area contributed by atoms with Crippen LogP contribution in [0.3, 0.4) is 0 Å². The highest BCUT2D eigenvalue weighted by molar-refractivity contribution is 14.1. The largest absolute Gasteiger partial charge is 0.321 e. The van der Waals surface area contributed by atoms with Crippen molar-refractivity contribution in [3.8, 4) is 11.4 Å². The smallest absolute Gasteiger partial charge is 0.259 e. The first-order valence-corrected chi connectivity index (χ1v) is 8.18. The van der Waals surface area contributed by atoms with Gasteiger partial charge in [-0.1, -0.05) is 42.5 Å². The molecule has 114 valence electrons. The van der Waals surface area contributed by atoms with Crippen LogP contribution in [0.1, 0.15) is 16.1 Å². The molecule has 0 radical (unpaired) electrons. The zero-order chi connectivity index (χ0) is 16.2. The fourth-order valence-electron chi connectivity index (χ4n) is 2.17. The Balaban J connectivity index is 1.86.